The van der Waals surface area contributed by atoms with E-state index in [0.29, 0.717) is 17.9 Å². The number of hydrogen-bond acceptors (Lipinski definition) is 6. The molecule has 4 aliphatic rings. The van der Waals surface area contributed by atoms with Crippen LogP contribution in [0.4, 0.5) is 5.82 Å². The largest absolute Gasteiger partial charge is 0.489 e. The van der Waals surface area contributed by atoms with Crippen LogP contribution in [0.3, 0.4) is 0 Å². The van der Waals surface area contributed by atoms with E-state index in [4.69, 9.17) is 9.84 Å². The van der Waals surface area contributed by atoms with E-state index in [0.717, 1.165) is 70.2 Å². The Bertz CT molecular complexity index is 782. The average molecular weight is 487 g/mol. The van der Waals surface area contributed by atoms with Crippen molar-refractivity contribution < 1.29 is 14.6 Å². The van der Waals surface area contributed by atoms with E-state index >= 15 is 0 Å². The van der Waals surface area contributed by atoms with Crippen LogP contribution >= 0.6 is 0 Å². The zero-order valence-electron chi connectivity index (χ0n) is 21.7. The molecule has 1 saturated heterocycles. The number of pyridine rings is 1. The van der Waals surface area contributed by atoms with Gasteiger partial charge in [-0.05, 0) is 69.4 Å². The quantitative estimate of drug-likeness (QED) is 0.611. The first-order valence-corrected chi connectivity index (χ1v) is 14.1. The highest BCUT2D eigenvalue weighted by Gasteiger charge is 2.27. The number of carbonyl (C=O) groups excluding carboxylic acids is 1. The minimum Gasteiger partial charge on any atom is -0.489 e. The van der Waals surface area contributed by atoms with Crippen LogP contribution in [0.25, 0.3) is 0 Å². The maximum Gasteiger partial charge on any atom is 0.220 e. The van der Waals surface area contributed by atoms with Crippen LogP contribution in [0.1, 0.15) is 76.2 Å². The Morgan fingerprint density at radius 3 is 2.51 bits per heavy atom. The van der Waals surface area contributed by atoms with Crippen molar-refractivity contribution in [3.8, 4) is 5.75 Å². The van der Waals surface area contributed by atoms with Gasteiger partial charge in [-0.25, -0.2) is 4.98 Å². The second kappa shape index (κ2) is 13.4. The highest BCUT2D eigenvalue weighted by molar-refractivity contribution is 5.76. The van der Waals surface area contributed by atoms with Gasteiger partial charge in [-0.1, -0.05) is 19.3 Å². The standard InChI is InChI=1S/C27H42N4O2.CH4O/c32-25(20-22-4-2-1-3-5-22)29-24-8-6-21(7-9-24)11-14-30-15-17-31(18-16-30)27-26-23(10-13-28-27)12-19-33-26;1-2/h10,13,21-22,24H,1-9,11-12,14-20H2,(H,29,32);2H,1H3. The fraction of sp³-hybridized carbons (Fsp3) is 0.786. The second-order valence-corrected chi connectivity index (χ2v) is 10.8. The number of rotatable bonds is 7. The third kappa shape index (κ3) is 7.32. The lowest BCUT2D eigenvalue weighted by atomic mass is 9.83. The Labute approximate surface area is 211 Å². The fourth-order valence-electron chi connectivity index (χ4n) is 6.40. The molecule has 2 aliphatic heterocycles. The number of nitrogens with zero attached hydrogens (tertiary/aromatic N) is 3. The van der Waals surface area contributed by atoms with Crippen molar-refractivity contribution in [1.82, 2.24) is 15.2 Å². The Balaban J connectivity index is 0.00000141. The van der Waals surface area contributed by atoms with Gasteiger partial charge in [0, 0.05) is 63.9 Å². The van der Waals surface area contributed by atoms with E-state index in [-0.39, 0.29) is 0 Å². The summed E-state index contributed by atoms with van der Waals surface area (Å²) < 4.78 is 5.86. The van der Waals surface area contributed by atoms with Crippen LogP contribution in [-0.2, 0) is 11.2 Å². The van der Waals surface area contributed by atoms with Crippen LogP contribution < -0.4 is 15.0 Å². The zero-order valence-corrected chi connectivity index (χ0v) is 21.7. The molecule has 2 saturated carbocycles. The maximum absolute atomic E-state index is 12.5. The summed E-state index contributed by atoms with van der Waals surface area (Å²) in [5.41, 5.74) is 1.31. The number of anilines is 1. The molecule has 0 unspecified atom stereocenters. The summed E-state index contributed by atoms with van der Waals surface area (Å²) in [6.45, 7) is 6.28. The van der Waals surface area contributed by atoms with Crippen LogP contribution in [0, 0.1) is 11.8 Å². The molecule has 0 atom stereocenters. The highest BCUT2D eigenvalue weighted by Crippen LogP contribution is 2.35. The van der Waals surface area contributed by atoms with Crippen molar-refractivity contribution in [2.45, 2.75) is 83.1 Å². The van der Waals surface area contributed by atoms with Gasteiger partial charge in [0.15, 0.2) is 11.6 Å². The molecule has 196 valence electrons. The van der Waals surface area contributed by atoms with Crippen LogP contribution in [0.5, 0.6) is 5.75 Å². The molecular weight excluding hydrogens is 440 g/mol. The number of carbonyl (C=O) groups is 1. The van der Waals surface area contributed by atoms with Gasteiger partial charge in [0.25, 0.3) is 0 Å². The average Bonchev–Trinajstić information content (AvgIpc) is 3.40. The van der Waals surface area contributed by atoms with E-state index in [1.165, 1.54) is 76.3 Å². The number of piperazine rings is 1. The molecule has 0 aromatic carbocycles. The van der Waals surface area contributed by atoms with Gasteiger partial charge in [-0.15, -0.1) is 0 Å². The molecule has 1 amide bonds. The molecule has 3 fully saturated rings. The Morgan fingerprint density at radius 2 is 1.77 bits per heavy atom. The third-order valence-electron chi connectivity index (χ3n) is 8.52. The van der Waals surface area contributed by atoms with E-state index in [1.807, 2.05) is 6.20 Å². The maximum atomic E-state index is 12.5. The number of ether oxygens (including phenoxy) is 1. The minimum atomic E-state index is 0.312. The van der Waals surface area contributed by atoms with Gasteiger partial charge < -0.3 is 20.1 Å². The minimum absolute atomic E-state index is 0.312. The van der Waals surface area contributed by atoms with E-state index in [1.54, 1.807) is 0 Å². The number of nitrogens with one attached hydrogen (secondary N) is 1. The predicted molar refractivity (Wildman–Crippen MR) is 140 cm³/mol. The molecule has 2 N–H and O–H groups in total. The van der Waals surface area contributed by atoms with Gasteiger partial charge in [-0.2, -0.15) is 0 Å². The number of aliphatic hydroxyl groups is 1. The number of aromatic nitrogens is 1. The zero-order chi connectivity index (χ0) is 24.5. The van der Waals surface area contributed by atoms with Gasteiger partial charge in [0.05, 0.1) is 6.61 Å². The van der Waals surface area contributed by atoms with Crippen molar-refractivity contribution in [3.05, 3.63) is 17.8 Å². The van der Waals surface area contributed by atoms with Crippen molar-refractivity contribution in [2.75, 3.05) is 51.3 Å². The van der Waals surface area contributed by atoms with Gasteiger partial charge in [0.1, 0.15) is 0 Å². The normalized spacial score (nSPS) is 25.3. The lowest BCUT2D eigenvalue weighted by molar-refractivity contribution is -0.123. The highest BCUT2D eigenvalue weighted by atomic mass is 16.5. The molecule has 7 heteroatoms. The number of amides is 1. The van der Waals surface area contributed by atoms with E-state index in [9.17, 15) is 4.79 Å². The SMILES string of the molecule is CO.O=C(CC1CCCCC1)NC1CCC(CCN2CCN(c3nccc4c3OCC4)CC2)CC1. The van der Waals surface area contributed by atoms with E-state index in [2.05, 4.69) is 26.2 Å². The summed E-state index contributed by atoms with van der Waals surface area (Å²) >= 11 is 0. The summed E-state index contributed by atoms with van der Waals surface area (Å²) in [6, 6.07) is 2.52. The topological polar surface area (TPSA) is 77.9 Å². The fourth-order valence-corrected chi connectivity index (χ4v) is 6.40. The van der Waals surface area contributed by atoms with Crippen molar-refractivity contribution in [2.24, 2.45) is 11.8 Å². The van der Waals surface area contributed by atoms with Crippen LogP contribution in [0.15, 0.2) is 12.3 Å². The first kappa shape index (κ1) is 26.2. The number of hydrogen-bond donors (Lipinski definition) is 2. The van der Waals surface area contributed by atoms with Gasteiger partial charge in [0.2, 0.25) is 5.91 Å². The predicted octanol–water partition coefficient (Wildman–Crippen LogP) is 3.78. The molecule has 0 bridgehead atoms. The molecule has 2 aliphatic carbocycles. The molecule has 3 heterocycles. The first-order valence-electron chi connectivity index (χ1n) is 14.1. The molecule has 1 aromatic rings. The summed E-state index contributed by atoms with van der Waals surface area (Å²) in [7, 11) is 1.00. The first-order chi connectivity index (χ1) is 17.2. The monoisotopic (exact) mass is 486 g/mol. The van der Waals surface area contributed by atoms with Crippen LogP contribution in [-0.4, -0.2) is 73.4 Å². The molecule has 5 rings (SSSR count). The van der Waals surface area contributed by atoms with Crippen LogP contribution in [0.2, 0.25) is 0 Å². The molecule has 0 radical (unpaired) electrons. The summed E-state index contributed by atoms with van der Waals surface area (Å²) in [5, 5.41) is 10.4. The van der Waals surface area contributed by atoms with Crippen molar-refractivity contribution in [3.63, 3.8) is 0 Å². The summed E-state index contributed by atoms with van der Waals surface area (Å²) in [6.07, 6.45) is 16.4. The van der Waals surface area contributed by atoms with E-state index < -0.39 is 0 Å². The Morgan fingerprint density at radius 1 is 1.03 bits per heavy atom. The summed E-state index contributed by atoms with van der Waals surface area (Å²) in [4.78, 5) is 22.1. The molecule has 35 heavy (non-hydrogen) atoms. The van der Waals surface area contributed by atoms with Gasteiger partial charge >= 0.3 is 0 Å². The summed E-state index contributed by atoms with van der Waals surface area (Å²) in [5.74, 6) is 3.85. The molecule has 7 nitrogen and oxygen atoms in total. The Hall–Kier alpha value is -1.86. The Kier molecular flexibility index (Phi) is 10.1. The second-order valence-electron chi connectivity index (χ2n) is 10.8. The lowest BCUT2D eigenvalue weighted by Gasteiger charge is -2.37. The van der Waals surface area contributed by atoms with Crippen molar-refractivity contribution in [1.29, 1.82) is 0 Å². The number of aliphatic hydroxyl groups excluding tert-OH is 1. The molecule has 1 aromatic heterocycles. The third-order valence-corrected chi connectivity index (χ3v) is 8.52. The molecule has 0 spiro atoms. The smallest absolute Gasteiger partial charge is 0.220 e. The molecular formula is C28H46N4O3. The van der Waals surface area contributed by atoms with Crippen molar-refractivity contribution >= 4 is 11.7 Å². The number of fused-ring (bicyclic) bond motifs is 1. The van der Waals surface area contributed by atoms with Gasteiger partial charge in [-0.3, -0.25) is 9.69 Å². The lowest BCUT2D eigenvalue weighted by Crippen LogP contribution is -2.47.